The zero-order chi connectivity index (χ0) is 13.4. The van der Waals surface area contributed by atoms with Gasteiger partial charge >= 0.3 is 0 Å². The van der Waals surface area contributed by atoms with Gasteiger partial charge in [0.05, 0.1) is 0 Å². The van der Waals surface area contributed by atoms with Crippen LogP contribution in [0.25, 0.3) is 0 Å². The van der Waals surface area contributed by atoms with Gasteiger partial charge in [0.2, 0.25) is 0 Å². The van der Waals surface area contributed by atoms with Crippen molar-refractivity contribution in [3.05, 3.63) is 58.7 Å². The van der Waals surface area contributed by atoms with Crippen LogP contribution in [0.1, 0.15) is 41.5 Å². The second kappa shape index (κ2) is 4.52. The lowest BCUT2D eigenvalue weighted by molar-refractivity contribution is 0.577. The van der Waals surface area contributed by atoms with Gasteiger partial charge < -0.3 is 0 Å². The van der Waals surface area contributed by atoms with Gasteiger partial charge in [-0.3, -0.25) is 0 Å². The van der Waals surface area contributed by atoms with Crippen LogP contribution in [0.15, 0.2) is 58.7 Å². The average Bonchev–Trinajstić information content (AvgIpc) is 2.31. The Morgan fingerprint density at radius 2 is 1.71 bits per heavy atom. The van der Waals surface area contributed by atoms with Crippen molar-refractivity contribution in [1.82, 2.24) is 0 Å². The van der Waals surface area contributed by atoms with E-state index in [2.05, 4.69) is 59.9 Å². The third kappa shape index (κ3) is 2.52. The van der Waals surface area contributed by atoms with E-state index in [1.165, 1.54) is 22.3 Å². The lowest BCUT2D eigenvalue weighted by Gasteiger charge is -2.24. The molecule has 0 heterocycles. The molecule has 0 unspecified atom stereocenters. The summed E-state index contributed by atoms with van der Waals surface area (Å²) in [6, 6.07) is 0. The first-order valence-corrected chi connectivity index (χ1v) is 6.11. The van der Waals surface area contributed by atoms with E-state index in [9.17, 15) is 0 Å². The molecule has 0 amide bonds. The van der Waals surface area contributed by atoms with Crippen LogP contribution in [0.4, 0.5) is 0 Å². The third-order valence-corrected chi connectivity index (χ3v) is 3.35. The van der Waals surface area contributed by atoms with Crippen molar-refractivity contribution < 1.29 is 0 Å². The summed E-state index contributed by atoms with van der Waals surface area (Å²) in [5.74, 6) is 0. The van der Waals surface area contributed by atoms with Crippen LogP contribution in [0.3, 0.4) is 0 Å². The lowest BCUT2D eigenvalue weighted by atomic mass is 9.79. The molecule has 0 aromatic carbocycles. The molecular formula is C17H24. The summed E-state index contributed by atoms with van der Waals surface area (Å²) in [5, 5.41) is 0. The Labute approximate surface area is 106 Å². The van der Waals surface area contributed by atoms with Crippen molar-refractivity contribution in [2.45, 2.75) is 41.5 Å². The third-order valence-electron chi connectivity index (χ3n) is 3.35. The van der Waals surface area contributed by atoms with Gasteiger partial charge in [-0.15, -0.1) is 0 Å². The summed E-state index contributed by atoms with van der Waals surface area (Å²) < 4.78 is 0. The van der Waals surface area contributed by atoms with Gasteiger partial charge in [-0.2, -0.15) is 0 Å². The normalized spacial score (nSPS) is 21.1. The highest BCUT2D eigenvalue weighted by Gasteiger charge is 2.36. The first-order valence-electron chi connectivity index (χ1n) is 6.11. The fourth-order valence-corrected chi connectivity index (χ4v) is 2.45. The standard InChI is InChI=1S/C17H24/c1-11(2)9-15-13(5)14(6)16(10-12(3)4)17(15,7)8/h9-10H,1,5H2,2-4,6-8H3/b15-9+. The molecule has 0 fully saturated rings. The summed E-state index contributed by atoms with van der Waals surface area (Å²) in [5.41, 5.74) is 7.61. The molecule has 0 heteroatoms. The monoisotopic (exact) mass is 228 g/mol. The molecule has 0 bridgehead atoms. The van der Waals surface area contributed by atoms with Crippen LogP contribution in [-0.2, 0) is 0 Å². The van der Waals surface area contributed by atoms with Crippen LogP contribution < -0.4 is 0 Å². The maximum absolute atomic E-state index is 4.23. The van der Waals surface area contributed by atoms with Gasteiger partial charge in [-0.25, -0.2) is 0 Å². The van der Waals surface area contributed by atoms with Crippen molar-refractivity contribution in [1.29, 1.82) is 0 Å². The molecule has 1 aliphatic carbocycles. The van der Waals surface area contributed by atoms with Crippen molar-refractivity contribution in [2.24, 2.45) is 5.41 Å². The van der Waals surface area contributed by atoms with Gasteiger partial charge in [0.25, 0.3) is 0 Å². The molecule has 0 spiro atoms. The maximum atomic E-state index is 4.23. The molecule has 0 aromatic rings. The molecule has 0 aromatic heterocycles. The van der Waals surface area contributed by atoms with Crippen molar-refractivity contribution in [3.8, 4) is 0 Å². The second-order valence-corrected chi connectivity index (χ2v) is 5.77. The van der Waals surface area contributed by atoms with Crippen LogP contribution in [0.5, 0.6) is 0 Å². The quantitative estimate of drug-likeness (QED) is 0.596. The summed E-state index contributed by atoms with van der Waals surface area (Å²) in [4.78, 5) is 0. The Balaban J connectivity index is 3.40. The minimum atomic E-state index is 0.0391. The second-order valence-electron chi connectivity index (χ2n) is 5.77. The Hall–Kier alpha value is -1.30. The van der Waals surface area contributed by atoms with Crippen LogP contribution in [-0.4, -0.2) is 0 Å². The molecule has 0 N–H and O–H groups in total. The molecule has 0 aliphatic heterocycles. The van der Waals surface area contributed by atoms with Crippen LogP contribution >= 0.6 is 0 Å². The predicted octanol–water partition coefficient (Wildman–Crippen LogP) is 5.37. The van der Waals surface area contributed by atoms with E-state index in [4.69, 9.17) is 0 Å². The van der Waals surface area contributed by atoms with E-state index in [1.807, 2.05) is 6.92 Å². The maximum Gasteiger partial charge on any atom is 0.0155 e. The van der Waals surface area contributed by atoms with Crippen molar-refractivity contribution >= 4 is 0 Å². The first kappa shape index (κ1) is 13.8. The van der Waals surface area contributed by atoms with Gasteiger partial charge in [-0.05, 0) is 50.0 Å². The topological polar surface area (TPSA) is 0 Å². The number of hydrogen-bond donors (Lipinski definition) is 0. The largest absolute Gasteiger partial charge is 0.0961 e. The number of allylic oxidation sites excluding steroid dienone is 8. The van der Waals surface area contributed by atoms with E-state index in [-0.39, 0.29) is 5.41 Å². The summed E-state index contributed by atoms with van der Waals surface area (Å²) in [6.07, 6.45) is 4.44. The zero-order valence-corrected chi connectivity index (χ0v) is 12.1. The first-order chi connectivity index (χ1) is 7.67. The smallest absolute Gasteiger partial charge is 0.0155 e. The molecule has 92 valence electrons. The molecule has 1 rings (SSSR count). The van der Waals surface area contributed by atoms with E-state index >= 15 is 0 Å². The lowest BCUT2D eigenvalue weighted by Crippen LogP contribution is -2.12. The Morgan fingerprint density at radius 3 is 2.12 bits per heavy atom. The van der Waals surface area contributed by atoms with Crippen LogP contribution in [0, 0.1) is 5.41 Å². The predicted molar refractivity (Wildman–Crippen MR) is 77.9 cm³/mol. The molecule has 0 saturated carbocycles. The van der Waals surface area contributed by atoms with Gasteiger partial charge in [-0.1, -0.05) is 50.3 Å². The minimum absolute atomic E-state index is 0.0391. The molecule has 0 atom stereocenters. The molecular weight excluding hydrogens is 204 g/mol. The average molecular weight is 228 g/mol. The number of hydrogen-bond acceptors (Lipinski definition) is 0. The molecule has 0 saturated heterocycles. The molecule has 1 aliphatic rings. The van der Waals surface area contributed by atoms with Crippen molar-refractivity contribution in [3.63, 3.8) is 0 Å². The Kier molecular flexibility index (Phi) is 3.66. The van der Waals surface area contributed by atoms with Gasteiger partial charge in [0.1, 0.15) is 0 Å². The summed E-state index contributed by atoms with van der Waals surface area (Å²) in [7, 11) is 0. The molecule has 0 nitrogen and oxygen atoms in total. The van der Waals surface area contributed by atoms with Gasteiger partial charge in [0.15, 0.2) is 0 Å². The fraction of sp³-hybridized carbons (Fsp3) is 0.412. The highest BCUT2D eigenvalue weighted by Crippen LogP contribution is 2.50. The molecule has 0 radical (unpaired) electrons. The highest BCUT2D eigenvalue weighted by molar-refractivity contribution is 5.63. The Morgan fingerprint density at radius 1 is 1.18 bits per heavy atom. The minimum Gasteiger partial charge on any atom is -0.0961 e. The Bertz CT molecular complexity index is 458. The summed E-state index contributed by atoms with van der Waals surface area (Å²) in [6.45, 7) is 21.2. The van der Waals surface area contributed by atoms with E-state index in [0.717, 1.165) is 11.1 Å². The number of rotatable bonds is 2. The van der Waals surface area contributed by atoms with Gasteiger partial charge in [0, 0.05) is 5.41 Å². The van der Waals surface area contributed by atoms with Crippen molar-refractivity contribution in [2.75, 3.05) is 0 Å². The summed E-state index contributed by atoms with van der Waals surface area (Å²) >= 11 is 0. The van der Waals surface area contributed by atoms with Crippen LogP contribution in [0.2, 0.25) is 0 Å². The highest BCUT2D eigenvalue weighted by atomic mass is 14.4. The van der Waals surface area contributed by atoms with E-state index in [0.29, 0.717) is 0 Å². The van der Waals surface area contributed by atoms with E-state index < -0.39 is 0 Å². The SMILES string of the molecule is C=C(C)/C=C1\C(=C)C(C)=C(C=C(C)C)C1(C)C. The molecule has 17 heavy (non-hydrogen) atoms. The zero-order valence-electron chi connectivity index (χ0n) is 12.1. The van der Waals surface area contributed by atoms with E-state index in [1.54, 1.807) is 0 Å². The fourth-order valence-electron chi connectivity index (χ4n) is 2.45.